The van der Waals surface area contributed by atoms with Crippen LogP contribution in [0.15, 0.2) is 29.2 Å². The topological polar surface area (TPSA) is 72.2 Å². The van der Waals surface area contributed by atoms with Gasteiger partial charge in [0.25, 0.3) is 0 Å². The summed E-state index contributed by atoms with van der Waals surface area (Å²) in [7, 11) is -3.59. The van der Waals surface area contributed by atoms with Gasteiger partial charge in [-0.05, 0) is 17.7 Å². The van der Waals surface area contributed by atoms with Gasteiger partial charge in [0.15, 0.2) is 0 Å². The summed E-state index contributed by atoms with van der Waals surface area (Å²) in [6, 6.07) is 7.00. The number of nitrogens with one attached hydrogen (secondary N) is 1. The largest absolute Gasteiger partial charge is 0.310 e. The quantitative estimate of drug-likeness (QED) is 0.802. The third-order valence-electron chi connectivity index (χ3n) is 1.94. The Morgan fingerprint density at radius 3 is 2.60 bits per heavy atom. The minimum Gasteiger partial charge on any atom is -0.310 e. The summed E-state index contributed by atoms with van der Waals surface area (Å²) in [5.41, 5.74) is 0.912. The molecule has 0 heterocycles. The summed E-state index contributed by atoms with van der Waals surface area (Å²) in [5.74, 6) is 0. The number of sulfonamides is 1. The van der Waals surface area contributed by atoms with E-state index < -0.39 is 10.0 Å². The van der Waals surface area contributed by atoms with Crippen LogP contribution >= 0.6 is 0 Å². The lowest BCUT2D eigenvalue weighted by Crippen LogP contribution is -2.22. The van der Waals surface area contributed by atoms with E-state index in [-0.39, 0.29) is 4.90 Å². The highest BCUT2D eigenvalue weighted by molar-refractivity contribution is 7.89. The molecule has 0 fully saturated rings. The van der Waals surface area contributed by atoms with Gasteiger partial charge in [-0.15, -0.1) is 0 Å². The van der Waals surface area contributed by atoms with E-state index in [9.17, 15) is 8.42 Å². The number of benzene rings is 1. The van der Waals surface area contributed by atoms with E-state index >= 15 is 0 Å². The zero-order valence-corrected chi connectivity index (χ0v) is 9.71. The second-order valence-electron chi connectivity index (χ2n) is 3.73. The Labute approximate surface area is 90.5 Å². The zero-order chi connectivity index (χ0) is 11.5. The molecule has 0 radical (unpaired) electrons. The lowest BCUT2D eigenvalue weighted by molar-refractivity contribution is 0.586. The fourth-order valence-electron chi connectivity index (χ4n) is 1.15. The predicted molar refractivity (Wildman–Crippen MR) is 59.8 cm³/mol. The molecule has 1 rings (SSSR count). The molecule has 0 aliphatic rings. The van der Waals surface area contributed by atoms with Gasteiger partial charge >= 0.3 is 0 Å². The fourth-order valence-corrected chi connectivity index (χ4v) is 1.74. The monoisotopic (exact) mass is 228 g/mol. The van der Waals surface area contributed by atoms with Crippen molar-refractivity contribution in [1.82, 2.24) is 5.32 Å². The Morgan fingerprint density at radius 2 is 2.07 bits per heavy atom. The van der Waals surface area contributed by atoms with Crippen molar-refractivity contribution in [1.29, 1.82) is 0 Å². The standard InChI is InChI=1S/C10H16N2O2S/c1-8(2)12-7-9-4-3-5-10(6-9)15(11,13)14/h3-6,8,12H,7H2,1-2H3,(H2,11,13,14). The van der Waals surface area contributed by atoms with Crippen molar-refractivity contribution in [3.63, 3.8) is 0 Å². The molecule has 0 aliphatic carbocycles. The fraction of sp³-hybridized carbons (Fsp3) is 0.400. The van der Waals surface area contributed by atoms with Crippen molar-refractivity contribution in [3.8, 4) is 0 Å². The maximum atomic E-state index is 11.1. The van der Waals surface area contributed by atoms with Crippen LogP contribution in [0.2, 0.25) is 0 Å². The van der Waals surface area contributed by atoms with E-state index in [4.69, 9.17) is 5.14 Å². The van der Waals surface area contributed by atoms with Gasteiger partial charge in [-0.25, -0.2) is 13.6 Å². The van der Waals surface area contributed by atoms with Gasteiger partial charge in [0, 0.05) is 12.6 Å². The molecule has 15 heavy (non-hydrogen) atoms. The number of primary sulfonamides is 1. The van der Waals surface area contributed by atoms with Crippen molar-refractivity contribution in [2.75, 3.05) is 0 Å². The smallest absolute Gasteiger partial charge is 0.238 e. The van der Waals surface area contributed by atoms with Gasteiger partial charge in [-0.2, -0.15) is 0 Å². The molecule has 1 aromatic carbocycles. The van der Waals surface area contributed by atoms with Gasteiger partial charge in [0.05, 0.1) is 4.90 Å². The van der Waals surface area contributed by atoms with Crippen LogP contribution in [-0.4, -0.2) is 14.5 Å². The van der Waals surface area contributed by atoms with Crippen LogP contribution in [0.25, 0.3) is 0 Å². The van der Waals surface area contributed by atoms with Crippen molar-refractivity contribution in [3.05, 3.63) is 29.8 Å². The number of rotatable bonds is 4. The molecule has 0 bridgehead atoms. The molecule has 0 spiro atoms. The maximum absolute atomic E-state index is 11.1. The Kier molecular flexibility index (Phi) is 3.84. The number of hydrogen-bond acceptors (Lipinski definition) is 3. The van der Waals surface area contributed by atoms with E-state index in [0.29, 0.717) is 12.6 Å². The Morgan fingerprint density at radius 1 is 1.40 bits per heavy atom. The maximum Gasteiger partial charge on any atom is 0.238 e. The average molecular weight is 228 g/mol. The summed E-state index contributed by atoms with van der Waals surface area (Å²) in [5, 5.41) is 8.24. The average Bonchev–Trinajstić information content (AvgIpc) is 2.14. The van der Waals surface area contributed by atoms with E-state index in [0.717, 1.165) is 5.56 Å². The highest BCUT2D eigenvalue weighted by Gasteiger charge is 2.07. The molecule has 1 aromatic rings. The SMILES string of the molecule is CC(C)NCc1cccc(S(N)(=O)=O)c1. The molecule has 0 saturated carbocycles. The molecule has 0 amide bonds. The van der Waals surface area contributed by atoms with Gasteiger partial charge < -0.3 is 5.32 Å². The molecule has 0 aromatic heterocycles. The normalized spacial score (nSPS) is 12.0. The highest BCUT2D eigenvalue weighted by atomic mass is 32.2. The number of hydrogen-bond donors (Lipinski definition) is 2. The van der Waals surface area contributed by atoms with Gasteiger partial charge in [-0.3, -0.25) is 0 Å². The van der Waals surface area contributed by atoms with Crippen LogP contribution in [0.3, 0.4) is 0 Å². The first kappa shape index (κ1) is 12.2. The highest BCUT2D eigenvalue weighted by Crippen LogP contribution is 2.09. The van der Waals surface area contributed by atoms with Crippen molar-refractivity contribution in [2.24, 2.45) is 5.14 Å². The Balaban J connectivity index is 2.84. The van der Waals surface area contributed by atoms with Crippen LogP contribution in [0.1, 0.15) is 19.4 Å². The molecule has 4 nitrogen and oxygen atoms in total. The Bertz CT molecular complexity index is 427. The van der Waals surface area contributed by atoms with Crippen LogP contribution in [-0.2, 0) is 16.6 Å². The summed E-state index contributed by atoms with van der Waals surface area (Å²) in [6.07, 6.45) is 0. The molecule has 0 saturated heterocycles. The van der Waals surface area contributed by atoms with Crippen LogP contribution in [0, 0.1) is 0 Å². The third kappa shape index (κ3) is 3.99. The molecule has 0 aliphatic heterocycles. The minimum absolute atomic E-state index is 0.158. The summed E-state index contributed by atoms with van der Waals surface area (Å²) in [4.78, 5) is 0.158. The zero-order valence-electron chi connectivity index (χ0n) is 8.90. The molecule has 0 unspecified atom stereocenters. The van der Waals surface area contributed by atoms with Gasteiger partial charge in [0.2, 0.25) is 10.0 Å². The molecule has 3 N–H and O–H groups in total. The van der Waals surface area contributed by atoms with E-state index in [1.165, 1.54) is 6.07 Å². The molecule has 5 heteroatoms. The van der Waals surface area contributed by atoms with Crippen molar-refractivity contribution < 1.29 is 8.42 Å². The van der Waals surface area contributed by atoms with Gasteiger partial charge in [-0.1, -0.05) is 26.0 Å². The molecular formula is C10H16N2O2S. The van der Waals surface area contributed by atoms with E-state index in [1.54, 1.807) is 12.1 Å². The Hall–Kier alpha value is -0.910. The lowest BCUT2D eigenvalue weighted by Gasteiger charge is -2.08. The summed E-state index contributed by atoms with van der Waals surface area (Å²) in [6.45, 7) is 4.70. The second kappa shape index (κ2) is 4.74. The number of nitrogens with two attached hydrogens (primary N) is 1. The van der Waals surface area contributed by atoms with Crippen molar-refractivity contribution in [2.45, 2.75) is 31.3 Å². The second-order valence-corrected chi connectivity index (χ2v) is 5.29. The molecule has 84 valence electrons. The molecular weight excluding hydrogens is 212 g/mol. The summed E-state index contributed by atoms with van der Waals surface area (Å²) >= 11 is 0. The van der Waals surface area contributed by atoms with Crippen LogP contribution in [0.5, 0.6) is 0 Å². The lowest BCUT2D eigenvalue weighted by atomic mass is 10.2. The van der Waals surface area contributed by atoms with Crippen LogP contribution in [0.4, 0.5) is 0 Å². The van der Waals surface area contributed by atoms with E-state index in [1.807, 2.05) is 19.9 Å². The van der Waals surface area contributed by atoms with E-state index in [2.05, 4.69) is 5.32 Å². The minimum atomic E-state index is -3.59. The first-order valence-corrected chi connectivity index (χ1v) is 6.29. The van der Waals surface area contributed by atoms with Crippen molar-refractivity contribution >= 4 is 10.0 Å². The van der Waals surface area contributed by atoms with Crippen LogP contribution < -0.4 is 10.5 Å². The van der Waals surface area contributed by atoms with Gasteiger partial charge in [0.1, 0.15) is 0 Å². The molecule has 0 atom stereocenters. The predicted octanol–water partition coefficient (Wildman–Crippen LogP) is 0.832. The first-order valence-electron chi connectivity index (χ1n) is 4.75. The first-order chi connectivity index (χ1) is 6.89. The third-order valence-corrected chi connectivity index (χ3v) is 2.85. The summed E-state index contributed by atoms with van der Waals surface area (Å²) < 4.78 is 22.2.